The van der Waals surface area contributed by atoms with Crippen LogP contribution < -0.4 is 11.7 Å². The highest BCUT2D eigenvalue weighted by Gasteiger charge is 2.33. The average molecular weight is 715 g/mol. The maximum absolute atomic E-state index is 13.0. The molecule has 20 nitrogen and oxygen atoms in total. The number of hydrazine groups is 2. The number of carbonyl (C=O) groups is 6. The number of hydrogen-bond acceptors (Lipinski definition) is 14. The summed E-state index contributed by atoms with van der Waals surface area (Å²) < 4.78 is 0. The monoisotopic (exact) mass is 714 g/mol. The van der Waals surface area contributed by atoms with E-state index in [4.69, 9.17) is 11.7 Å². The molecule has 3 rings (SSSR count). The Labute approximate surface area is 291 Å². The first-order valence-corrected chi connectivity index (χ1v) is 17.1. The highest BCUT2D eigenvalue weighted by molar-refractivity contribution is 5.79. The molecule has 2 atom stereocenters. The maximum Gasteiger partial charge on any atom is 0.320 e. The number of rotatable bonds is 14. The highest BCUT2D eigenvalue weighted by atomic mass is 16.4. The molecule has 3 heterocycles. The van der Waals surface area contributed by atoms with Crippen LogP contribution in [-0.2, 0) is 28.8 Å². The Hall–Kier alpha value is -3.50. The van der Waals surface area contributed by atoms with Gasteiger partial charge >= 0.3 is 23.9 Å². The number of nitrogens with zero attached hydrogens (tertiary/aromatic N) is 8. The molecule has 2 unspecified atom stereocenters. The van der Waals surface area contributed by atoms with Gasteiger partial charge < -0.3 is 30.2 Å². The Kier molecular flexibility index (Phi) is 16.7. The summed E-state index contributed by atoms with van der Waals surface area (Å²) in [6.45, 7) is 3.95. The second kappa shape index (κ2) is 20.4. The Morgan fingerprint density at radius 3 is 1.06 bits per heavy atom. The minimum Gasteiger partial charge on any atom is -0.480 e. The predicted molar refractivity (Wildman–Crippen MR) is 177 cm³/mol. The number of amides is 2. The summed E-state index contributed by atoms with van der Waals surface area (Å²) in [5.74, 6) is 6.67. The Bertz CT molecular complexity index is 1080. The number of aliphatic carboxylic acids is 4. The topological polar surface area (TPSA) is 261 Å². The summed E-state index contributed by atoms with van der Waals surface area (Å²) >= 11 is 0. The molecule has 0 aromatic heterocycles. The molecule has 50 heavy (non-hydrogen) atoms. The Balaban J connectivity index is 1.82. The molecule has 3 aliphatic heterocycles. The van der Waals surface area contributed by atoms with Gasteiger partial charge in [0.15, 0.2) is 0 Å². The zero-order chi connectivity index (χ0) is 36.8. The number of hydrogen-bond donors (Lipinski definition) is 6. The van der Waals surface area contributed by atoms with Crippen LogP contribution in [0.25, 0.3) is 0 Å². The molecule has 0 saturated carbocycles. The van der Waals surface area contributed by atoms with Crippen molar-refractivity contribution in [1.82, 2.24) is 39.4 Å². The SMILES string of the molecule is NN1CCN(C(=O)CCC(C(=O)O)N2CCN(CC(=O)O)CCN(CC(=O)O)CCN(C(CCC(=O)N3CCN(N)CC3)C(=O)O)CC2)CC1. The van der Waals surface area contributed by atoms with Gasteiger partial charge in [0.25, 0.3) is 0 Å². The summed E-state index contributed by atoms with van der Waals surface area (Å²) in [7, 11) is 0. The molecule has 3 saturated heterocycles. The fraction of sp³-hybridized carbons (Fsp3) is 0.800. The van der Waals surface area contributed by atoms with E-state index in [0.29, 0.717) is 52.4 Å². The van der Waals surface area contributed by atoms with Gasteiger partial charge in [0.2, 0.25) is 11.8 Å². The second-order valence-corrected chi connectivity index (χ2v) is 13.0. The van der Waals surface area contributed by atoms with Gasteiger partial charge in [-0.3, -0.25) is 60.1 Å². The fourth-order valence-corrected chi connectivity index (χ4v) is 6.55. The van der Waals surface area contributed by atoms with Crippen LogP contribution in [0.2, 0.25) is 0 Å². The largest absolute Gasteiger partial charge is 0.480 e. The van der Waals surface area contributed by atoms with Gasteiger partial charge in [-0.15, -0.1) is 0 Å². The molecule has 0 aromatic carbocycles. The molecule has 284 valence electrons. The van der Waals surface area contributed by atoms with E-state index in [1.54, 1.807) is 39.4 Å². The minimum absolute atomic E-state index is 0.0186. The van der Waals surface area contributed by atoms with Crippen molar-refractivity contribution in [2.24, 2.45) is 11.7 Å². The van der Waals surface area contributed by atoms with E-state index in [-0.39, 0.29) is 103 Å². The third kappa shape index (κ3) is 13.7. The predicted octanol–water partition coefficient (Wildman–Crippen LogP) is -4.12. The van der Waals surface area contributed by atoms with E-state index >= 15 is 0 Å². The fourth-order valence-electron chi connectivity index (χ4n) is 6.55. The Morgan fingerprint density at radius 1 is 0.460 bits per heavy atom. The van der Waals surface area contributed by atoms with Gasteiger partial charge in [-0.25, -0.2) is 10.0 Å². The van der Waals surface area contributed by atoms with Crippen molar-refractivity contribution in [2.45, 2.75) is 37.8 Å². The van der Waals surface area contributed by atoms with E-state index in [2.05, 4.69) is 0 Å². The molecule has 20 heteroatoms. The molecular formula is C30H54N10O10. The Morgan fingerprint density at radius 2 is 0.760 bits per heavy atom. The number of carboxylic acid groups (broad SMARTS) is 4. The van der Waals surface area contributed by atoms with Crippen molar-refractivity contribution in [3.8, 4) is 0 Å². The van der Waals surface area contributed by atoms with Gasteiger partial charge in [0.1, 0.15) is 12.1 Å². The van der Waals surface area contributed by atoms with Gasteiger partial charge in [-0.1, -0.05) is 0 Å². The van der Waals surface area contributed by atoms with Crippen LogP contribution in [0.5, 0.6) is 0 Å². The van der Waals surface area contributed by atoms with E-state index < -0.39 is 36.0 Å². The van der Waals surface area contributed by atoms with E-state index in [0.717, 1.165) is 0 Å². The normalized spacial score (nSPS) is 21.9. The molecular weight excluding hydrogens is 660 g/mol. The van der Waals surface area contributed by atoms with Gasteiger partial charge in [0.05, 0.1) is 13.1 Å². The van der Waals surface area contributed by atoms with E-state index in [9.17, 15) is 49.2 Å². The average Bonchev–Trinajstić information content (AvgIpc) is 3.05. The van der Waals surface area contributed by atoms with E-state index in [1.165, 1.54) is 0 Å². The zero-order valence-corrected chi connectivity index (χ0v) is 28.7. The molecule has 0 spiro atoms. The number of piperazine rings is 2. The van der Waals surface area contributed by atoms with Crippen LogP contribution >= 0.6 is 0 Å². The summed E-state index contributed by atoms with van der Waals surface area (Å²) in [5.41, 5.74) is 0. The standard InChI is InChI=1S/C30H54N10O10/c31-39-17-13-37(14-18-39)25(41)3-1-23(29(47)48)35-9-7-33(21-27(43)44)5-6-34(22-28(45)46)8-10-36(12-11-35)24(30(49)50)2-4-26(42)38-15-19-40(32)20-16-38/h23-24H,1-22,31-32H2,(H,43,44)(H,45,46)(H,47,48)(H,49,50). The number of nitrogens with two attached hydrogens (primary N) is 2. The number of carboxylic acids is 4. The minimum atomic E-state index is -1.17. The van der Waals surface area contributed by atoms with Crippen LogP contribution in [0.1, 0.15) is 25.7 Å². The van der Waals surface area contributed by atoms with Crippen LogP contribution in [0.4, 0.5) is 0 Å². The summed E-state index contributed by atoms with van der Waals surface area (Å²) in [6.07, 6.45) is -0.115. The maximum atomic E-state index is 13.0. The number of carbonyl (C=O) groups excluding carboxylic acids is 2. The molecule has 0 aromatic rings. The first-order valence-electron chi connectivity index (χ1n) is 17.1. The van der Waals surface area contributed by atoms with Crippen LogP contribution in [0.15, 0.2) is 0 Å². The van der Waals surface area contributed by atoms with E-state index in [1.807, 2.05) is 0 Å². The quantitative estimate of drug-likeness (QED) is 0.0934. The van der Waals surface area contributed by atoms with Crippen LogP contribution in [-0.4, -0.2) is 225 Å². The van der Waals surface area contributed by atoms with Crippen molar-refractivity contribution in [2.75, 3.05) is 118 Å². The lowest BCUT2D eigenvalue weighted by atomic mass is 10.1. The molecule has 8 N–H and O–H groups in total. The zero-order valence-electron chi connectivity index (χ0n) is 28.7. The molecule has 3 aliphatic rings. The van der Waals surface area contributed by atoms with Crippen molar-refractivity contribution in [3.63, 3.8) is 0 Å². The molecule has 0 aliphatic carbocycles. The van der Waals surface area contributed by atoms with Crippen molar-refractivity contribution < 1.29 is 49.2 Å². The van der Waals surface area contributed by atoms with Crippen LogP contribution in [0, 0.1) is 0 Å². The molecule has 0 bridgehead atoms. The van der Waals surface area contributed by atoms with Crippen molar-refractivity contribution in [1.29, 1.82) is 0 Å². The third-order valence-electron chi connectivity index (χ3n) is 9.58. The highest BCUT2D eigenvalue weighted by Crippen LogP contribution is 2.16. The lowest BCUT2D eigenvalue weighted by molar-refractivity contribution is -0.147. The molecule has 3 fully saturated rings. The van der Waals surface area contributed by atoms with Crippen molar-refractivity contribution >= 4 is 35.7 Å². The van der Waals surface area contributed by atoms with Gasteiger partial charge in [-0.2, -0.15) is 0 Å². The summed E-state index contributed by atoms with van der Waals surface area (Å²) in [6, 6.07) is -2.25. The van der Waals surface area contributed by atoms with Crippen molar-refractivity contribution in [3.05, 3.63) is 0 Å². The molecule has 0 radical (unpaired) electrons. The smallest absolute Gasteiger partial charge is 0.320 e. The molecule has 2 amide bonds. The summed E-state index contributed by atoms with van der Waals surface area (Å²) in [4.78, 5) is 84.5. The van der Waals surface area contributed by atoms with Crippen LogP contribution in [0.3, 0.4) is 0 Å². The lowest BCUT2D eigenvalue weighted by Crippen LogP contribution is -2.54. The van der Waals surface area contributed by atoms with Gasteiger partial charge in [-0.05, 0) is 12.8 Å². The lowest BCUT2D eigenvalue weighted by Gasteiger charge is -2.37. The summed E-state index contributed by atoms with van der Waals surface area (Å²) in [5, 5.41) is 43.0. The second-order valence-electron chi connectivity index (χ2n) is 13.0. The van der Waals surface area contributed by atoms with Gasteiger partial charge in [0, 0.05) is 118 Å². The first-order chi connectivity index (χ1) is 23.7. The first kappa shape index (κ1) is 40.9. The third-order valence-corrected chi connectivity index (χ3v) is 9.58.